The third-order valence-electron chi connectivity index (χ3n) is 7.39. The molecule has 0 unspecified atom stereocenters. The predicted octanol–water partition coefficient (Wildman–Crippen LogP) is 4.86. The quantitative estimate of drug-likeness (QED) is 0.280. The molecule has 1 aliphatic carbocycles. The van der Waals surface area contributed by atoms with E-state index in [1.54, 1.807) is 0 Å². The number of piperidine rings is 1. The lowest BCUT2D eigenvalue weighted by Gasteiger charge is -2.44. The Bertz CT molecular complexity index is 1320. The van der Waals surface area contributed by atoms with Gasteiger partial charge in [0, 0.05) is 29.9 Å². The predicted molar refractivity (Wildman–Crippen MR) is 142 cm³/mol. The largest absolute Gasteiger partial charge is 0.598 e. The molecule has 2 aliphatic rings. The standard InChI is InChI=1S/C25H28IN5OS/c1-24(2,3)33(32)29-21-17-7-5-4-6-16(17)14-25(21)10-12-30(13-11-25)23-19-15-27-22-18(26)8-9-20(28-23)31(19)22/h4-9,15,21,29H,10-14H2,1-3H3/t21-,33-/m1/s1. The van der Waals surface area contributed by atoms with Gasteiger partial charge < -0.3 is 9.45 Å². The second kappa shape index (κ2) is 7.69. The van der Waals surface area contributed by atoms with Gasteiger partial charge in [0.2, 0.25) is 0 Å². The number of fused-ring (bicyclic) bond motifs is 1. The van der Waals surface area contributed by atoms with Gasteiger partial charge in [0.05, 0.1) is 15.8 Å². The highest BCUT2D eigenvalue weighted by molar-refractivity contribution is 14.1. The normalized spacial score (nSPS) is 21.4. The van der Waals surface area contributed by atoms with E-state index in [0.29, 0.717) is 0 Å². The number of imidazole rings is 2. The Morgan fingerprint density at radius 2 is 1.91 bits per heavy atom. The van der Waals surface area contributed by atoms with Crippen molar-refractivity contribution in [1.82, 2.24) is 19.1 Å². The van der Waals surface area contributed by atoms with Gasteiger partial charge in [0.15, 0.2) is 11.5 Å². The second-order valence-electron chi connectivity index (χ2n) is 10.4. The monoisotopic (exact) mass is 573 g/mol. The average Bonchev–Trinajstić information content (AvgIpc) is 3.46. The van der Waals surface area contributed by atoms with Crippen LogP contribution in [-0.2, 0) is 17.8 Å². The zero-order valence-electron chi connectivity index (χ0n) is 19.1. The molecule has 4 heterocycles. The molecular weight excluding hydrogens is 545 g/mol. The van der Waals surface area contributed by atoms with Crippen LogP contribution >= 0.6 is 22.6 Å². The summed E-state index contributed by atoms with van der Waals surface area (Å²) in [5.41, 5.74) is 5.83. The van der Waals surface area contributed by atoms with Crippen LogP contribution in [-0.4, -0.2) is 36.8 Å². The van der Waals surface area contributed by atoms with Crippen LogP contribution in [0.1, 0.15) is 50.8 Å². The molecule has 3 aromatic heterocycles. The van der Waals surface area contributed by atoms with E-state index in [2.05, 4.69) is 78.0 Å². The number of anilines is 1. The molecule has 1 N–H and O–H groups in total. The number of hydrogen-bond donors (Lipinski definition) is 1. The van der Waals surface area contributed by atoms with Crippen LogP contribution in [0.5, 0.6) is 0 Å². The summed E-state index contributed by atoms with van der Waals surface area (Å²) in [7, 11) is 0. The zero-order chi connectivity index (χ0) is 23.0. The van der Waals surface area contributed by atoms with Gasteiger partial charge in [-0.25, -0.2) is 9.97 Å². The second-order valence-corrected chi connectivity index (χ2v) is 13.6. The first kappa shape index (κ1) is 21.9. The smallest absolute Gasteiger partial charge is 0.157 e. The topological polar surface area (TPSA) is 68.5 Å². The lowest BCUT2D eigenvalue weighted by molar-refractivity contribution is 0.176. The minimum atomic E-state index is -1.12. The first-order valence-corrected chi connectivity index (χ1v) is 13.8. The fourth-order valence-electron chi connectivity index (χ4n) is 5.58. The van der Waals surface area contributed by atoms with Crippen molar-refractivity contribution in [2.75, 3.05) is 18.0 Å². The molecule has 0 bridgehead atoms. The summed E-state index contributed by atoms with van der Waals surface area (Å²) in [6.07, 6.45) is 5.07. The van der Waals surface area contributed by atoms with Gasteiger partial charge in [0.1, 0.15) is 15.9 Å². The van der Waals surface area contributed by atoms with Gasteiger partial charge in [-0.3, -0.25) is 4.40 Å². The molecule has 1 aromatic carbocycles. The molecule has 2 atom stereocenters. The average molecular weight is 574 g/mol. The van der Waals surface area contributed by atoms with Crippen molar-refractivity contribution in [2.24, 2.45) is 5.41 Å². The maximum atomic E-state index is 13.1. The Morgan fingerprint density at radius 1 is 1.15 bits per heavy atom. The molecule has 4 aromatic rings. The summed E-state index contributed by atoms with van der Waals surface area (Å²) >= 11 is 1.22. The lowest BCUT2D eigenvalue weighted by Crippen LogP contribution is -2.49. The van der Waals surface area contributed by atoms with Crippen molar-refractivity contribution < 1.29 is 4.55 Å². The lowest BCUT2D eigenvalue weighted by atomic mass is 9.73. The maximum Gasteiger partial charge on any atom is 0.157 e. The number of nitrogens with zero attached hydrogens (tertiary/aromatic N) is 4. The Balaban J connectivity index is 1.30. The van der Waals surface area contributed by atoms with Crippen LogP contribution in [0.2, 0.25) is 0 Å². The van der Waals surface area contributed by atoms with Gasteiger partial charge in [-0.05, 0) is 85.9 Å². The maximum absolute atomic E-state index is 13.1. The van der Waals surface area contributed by atoms with Crippen molar-refractivity contribution in [2.45, 2.75) is 50.8 Å². The molecule has 1 aliphatic heterocycles. The molecule has 0 amide bonds. The highest BCUT2D eigenvalue weighted by atomic mass is 127. The number of halogens is 1. The molecule has 1 spiro atoms. The van der Waals surface area contributed by atoms with E-state index in [0.717, 1.165) is 58.6 Å². The summed E-state index contributed by atoms with van der Waals surface area (Å²) < 4.78 is 19.7. The first-order chi connectivity index (χ1) is 15.8. The van der Waals surface area contributed by atoms with Crippen molar-refractivity contribution in [1.29, 1.82) is 0 Å². The van der Waals surface area contributed by atoms with Gasteiger partial charge in [-0.15, -0.1) is 4.72 Å². The van der Waals surface area contributed by atoms with E-state index >= 15 is 0 Å². The fraction of sp³-hybridized carbons (Fsp3) is 0.440. The SMILES string of the molecule is CC(C)(C)[S@@+]([O-])N[C@@H]1c2ccccc2CC12CCN(c1nc3ccc(I)c4ncc1n34)CC2. The molecule has 33 heavy (non-hydrogen) atoms. The van der Waals surface area contributed by atoms with Crippen LogP contribution in [0.25, 0.3) is 16.8 Å². The molecule has 0 saturated carbocycles. The van der Waals surface area contributed by atoms with Gasteiger partial charge in [-0.1, -0.05) is 24.3 Å². The highest BCUT2D eigenvalue weighted by Crippen LogP contribution is 2.53. The number of benzene rings is 1. The number of hydrogen-bond acceptors (Lipinski definition) is 5. The Kier molecular flexibility index (Phi) is 5.10. The summed E-state index contributed by atoms with van der Waals surface area (Å²) in [4.78, 5) is 12.0. The summed E-state index contributed by atoms with van der Waals surface area (Å²) in [5.74, 6) is 1.03. The number of pyridine rings is 1. The van der Waals surface area contributed by atoms with Crippen LogP contribution in [0.3, 0.4) is 0 Å². The van der Waals surface area contributed by atoms with Gasteiger partial charge in [0.25, 0.3) is 0 Å². The molecule has 0 radical (unpaired) electrons. The molecule has 6 rings (SSSR count). The number of rotatable bonds is 3. The minimum Gasteiger partial charge on any atom is -0.598 e. The Morgan fingerprint density at radius 3 is 2.67 bits per heavy atom. The van der Waals surface area contributed by atoms with E-state index < -0.39 is 11.4 Å². The molecule has 1 fully saturated rings. The molecular formula is C25H28IN5OS. The van der Waals surface area contributed by atoms with Gasteiger partial charge in [-0.2, -0.15) is 0 Å². The van der Waals surface area contributed by atoms with Crippen molar-refractivity contribution in [3.63, 3.8) is 0 Å². The fourth-order valence-corrected chi connectivity index (χ4v) is 7.09. The van der Waals surface area contributed by atoms with E-state index in [1.807, 2.05) is 27.0 Å². The van der Waals surface area contributed by atoms with Crippen molar-refractivity contribution in [3.8, 4) is 0 Å². The molecule has 172 valence electrons. The first-order valence-electron chi connectivity index (χ1n) is 11.5. The van der Waals surface area contributed by atoms with Crippen LogP contribution in [0, 0.1) is 8.99 Å². The third-order valence-corrected chi connectivity index (χ3v) is 9.80. The van der Waals surface area contributed by atoms with Crippen molar-refractivity contribution in [3.05, 3.63) is 57.3 Å². The van der Waals surface area contributed by atoms with E-state index in [1.165, 1.54) is 11.1 Å². The van der Waals surface area contributed by atoms with Crippen molar-refractivity contribution >= 4 is 56.6 Å². The summed E-state index contributed by atoms with van der Waals surface area (Å²) in [6.45, 7) is 7.98. The van der Waals surface area contributed by atoms with Crippen LogP contribution in [0.4, 0.5) is 5.82 Å². The molecule has 6 nitrogen and oxygen atoms in total. The number of aromatic nitrogens is 3. The molecule has 8 heteroatoms. The third kappa shape index (κ3) is 3.44. The summed E-state index contributed by atoms with van der Waals surface area (Å²) in [6, 6.07) is 13.0. The van der Waals surface area contributed by atoms with Gasteiger partial charge >= 0.3 is 0 Å². The zero-order valence-corrected chi connectivity index (χ0v) is 22.1. The highest BCUT2D eigenvalue weighted by Gasteiger charge is 2.50. The minimum absolute atomic E-state index is 0.0786. The Labute approximate surface area is 211 Å². The molecule has 1 saturated heterocycles. The Hall–Kier alpha value is -1.62. The van der Waals surface area contributed by atoms with Crippen LogP contribution < -0.4 is 9.62 Å². The summed E-state index contributed by atoms with van der Waals surface area (Å²) in [5, 5.41) is 0. The van der Waals surface area contributed by atoms with Crippen LogP contribution in [0.15, 0.2) is 42.6 Å². The van der Waals surface area contributed by atoms with E-state index in [-0.39, 0.29) is 16.2 Å². The van der Waals surface area contributed by atoms with E-state index in [9.17, 15) is 4.55 Å². The van der Waals surface area contributed by atoms with E-state index in [4.69, 9.17) is 4.98 Å². The number of nitrogens with one attached hydrogen (secondary N) is 1.